The summed E-state index contributed by atoms with van der Waals surface area (Å²) >= 11 is 0. The third kappa shape index (κ3) is 4.99. The summed E-state index contributed by atoms with van der Waals surface area (Å²) in [6.07, 6.45) is 2.58. The molecule has 4 nitrogen and oxygen atoms in total. The maximum atomic E-state index is 13.6. The lowest BCUT2D eigenvalue weighted by atomic mass is 10.1. The molecule has 0 aliphatic heterocycles. The summed E-state index contributed by atoms with van der Waals surface area (Å²) in [5.74, 6) is 0.912. The highest BCUT2D eigenvalue weighted by Gasteiger charge is 2.03. The van der Waals surface area contributed by atoms with E-state index in [1.54, 1.807) is 30.3 Å². The largest absolute Gasteiger partial charge is 0.370 e. The van der Waals surface area contributed by atoms with Crippen LogP contribution >= 0.6 is 0 Å². The van der Waals surface area contributed by atoms with Gasteiger partial charge < -0.3 is 10.6 Å². The lowest BCUT2D eigenvalue weighted by Gasteiger charge is -2.09. The molecule has 0 fully saturated rings. The van der Waals surface area contributed by atoms with E-state index in [0.29, 0.717) is 48.7 Å². The Bertz CT molecular complexity index is 788. The Morgan fingerprint density at radius 2 is 1.15 bits per heavy atom. The highest BCUT2D eigenvalue weighted by atomic mass is 19.1. The molecule has 3 aromatic rings. The van der Waals surface area contributed by atoms with Crippen LogP contribution < -0.4 is 10.6 Å². The number of halogens is 2. The molecule has 3 rings (SSSR count). The highest BCUT2D eigenvalue weighted by Crippen LogP contribution is 2.12. The monoisotopic (exact) mass is 354 g/mol. The molecular weight excluding hydrogens is 334 g/mol. The summed E-state index contributed by atoms with van der Waals surface area (Å²) in [4.78, 5) is 8.31. The molecular formula is C20H20F2N4. The fraction of sp³-hybridized carbons (Fsp3) is 0.200. The van der Waals surface area contributed by atoms with Gasteiger partial charge in [0.25, 0.3) is 0 Å². The molecule has 26 heavy (non-hydrogen) atoms. The highest BCUT2D eigenvalue weighted by molar-refractivity contribution is 5.46. The molecule has 0 aliphatic carbocycles. The molecule has 0 atom stereocenters. The summed E-state index contributed by atoms with van der Waals surface area (Å²) in [6, 6.07) is 15.2. The van der Waals surface area contributed by atoms with E-state index < -0.39 is 0 Å². The third-order valence-electron chi connectivity index (χ3n) is 3.98. The molecule has 0 saturated heterocycles. The molecule has 134 valence electrons. The topological polar surface area (TPSA) is 49.8 Å². The second-order valence-electron chi connectivity index (χ2n) is 5.82. The van der Waals surface area contributed by atoms with Gasteiger partial charge in [-0.05, 0) is 36.1 Å². The Morgan fingerprint density at radius 1 is 0.692 bits per heavy atom. The zero-order chi connectivity index (χ0) is 18.2. The van der Waals surface area contributed by atoms with Crippen LogP contribution in [0.25, 0.3) is 0 Å². The van der Waals surface area contributed by atoms with Crippen LogP contribution in [0.2, 0.25) is 0 Å². The van der Waals surface area contributed by atoms with E-state index in [-0.39, 0.29) is 11.6 Å². The first-order valence-electron chi connectivity index (χ1n) is 8.49. The normalized spacial score (nSPS) is 10.5. The SMILES string of the molecule is Fc1ccccc1CCNc1cc(NCCc2ccccc2F)ncn1. The van der Waals surface area contributed by atoms with E-state index in [0.717, 1.165) is 0 Å². The zero-order valence-corrected chi connectivity index (χ0v) is 14.3. The Morgan fingerprint density at radius 3 is 1.62 bits per heavy atom. The van der Waals surface area contributed by atoms with Crippen LogP contribution in [0, 0.1) is 11.6 Å². The van der Waals surface area contributed by atoms with Gasteiger partial charge in [0.1, 0.15) is 29.6 Å². The summed E-state index contributed by atoms with van der Waals surface area (Å²) in [5.41, 5.74) is 1.33. The first-order valence-corrected chi connectivity index (χ1v) is 8.49. The van der Waals surface area contributed by atoms with E-state index in [1.165, 1.54) is 18.5 Å². The second kappa shape index (κ2) is 8.89. The molecule has 1 aromatic heterocycles. The van der Waals surface area contributed by atoms with Crippen LogP contribution in [0.15, 0.2) is 60.9 Å². The number of nitrogens with one attached hydrogen (secondary N) is 2. The van der Waals surface area contributed by atoms with E-state index in [9.17, 15) is 8.78 Å². The standard InChI is InChI=1S/C20H20F2N4/c21-17-7-3-1-5-15(17)9-11-23-19-13-20(26-14-25-19)24-12-10-16-6-2-4-8-18(16)22/h1-8,13-14H,9-12H2,(H2,23,24,25,26). The molecule has 0 aliphatic rings. The van der Waals surface area contributed by atoms with Crippen LogP contribution in [0.5, 0.6) is 0 Å². The molecule has 0 bridgehead atoms. The minimum Gasteiger partial charge on any atom is -0.370 e. The number of hydrogen-bond acceptors (Lipinski definition) is 4. The van der Waals surface area contributed by atoms with Gasteiger partial charge in [-0.1, -0.05) is 36.4 Å². The maximum absolute atomic E-state index is 13.6. The quantitative estimate of drug-likeness (QED) is 0.640. The predicted octanol–water partition coefficient (Wildman–Crippen LogP) is 4.06. The van der Waals surface area contributed by atoms with Gasteiger partial charge in [-0.3, -0.25) is 0 Å². The van der Waals surface area contributed by atoms with Crippen LogP contribution in [0.4, 0.5) is 20.4 Å². The minimum atomic E-state index is -0.201. The summed E-state index contributed by atoms with van der Waals surface area (Å²) in [6.45, 7) is 1.12. The lowest BCUT2D eigenvalue weighted by molar-refractivity contribution is 0.610. The van der Waals surface area contributed by atoms with Crippen molar-refractivity contribution in [1.82, 2.24) is 9.97 Å². The zero-order valence-electron chi connectivity index (χ0n) is 14.3. The Kier molecular flexibility index (Phi) is 6.09. The number of benzene rings is 2. The average molecular weight is 354 g/mol. The number of nitrogens with zero attached hydrogens (tertiary/aromatic N) is 2. The summed E-state index contributed by atoms with van der Waals surface area (Å²) < 4.78 is 27.2. The first-order chi connectivity index (χ1) is 12.7. The van der Waals surface area contributed by atoms with Gasteiger partial charge in [-0.25, -0.2) is 18.7 Å². The van der Waals surface area contributed by atoms with Crippen LogP contribution in [-0.4, -0.2) is 23.1 Å². The van der Waals surface area contributed by atoms with Crippen molar-refractivity contribution in [1.29, 1.82) is 0 Å². The third-order valence-corrected chi connectivity index (χ3v) is 3.98. The number of hydrogen-bond donors (Lipinski definition) is 2. The first kappa shape index (κ1) is 17.8. The van der Waals surface area contributed by atoms with Crippen LogP contribution in [0.3, 0.4) is 0 Å². The summed E-state index contributed by atoms with van der Waals surface area (Å²) in [7, 11) is 0. The Hall–Kier alpha value is -3.02. The van der Waals surface area contributed by atoms with Gasteiger partial charge in [0, 0.05) is 19.2 Å². The van der Waals surface area contributed by atoms with Crippen molar-refractivity contribution in [3.63, 3.8) is 0 Å². The van der Waals surface area contributed by atoms with Gasteiger partial charge in [-0.15, -0.1) is 0 Å². The van der Waals surface area contributed by atoms with Crippen molar-refractivity contribution < 1.29 is 8.78 Å². The van der Waals surface area contributed by atoms with E-state index >= 15 is 0 Å². The molecule has 0 unspecified atom stereocenters. The van der Waals surface area contributed by atoms with Crippen molar-refractivity contribution in [2.24, 2.45) is 0 Å². The fourth-order valence-electron chi connectivity index (χ4n) is 2.60. The molecule has 2 aromatic carbocycles. The lowest BCUT2D eigenvalue weighted by Crippen LogP contribution is -2.10. The van der Waals surface area contributed by atoms with E-state index in [2.05, 4.69) is 20.6 Å². The van der Waals surface area contributed by atoms with Crippen LogP contribution in [-0.2, 0) is 12.8 Å². The van der Waals surface area contributed by atoms with Crippen LogP contribution in [0.1, 0.15) is 11.1 Å². The van der Waals surface area contributed by atoms with Crippen molar-refractivity contribution in [3.8, 4) is 0 Å². The number of aromatic nitrogens is 2. The maximum Gasteiger partial charge on any atom is 0.131 e. The minimum absolute atomic E-state index is 0.201. The fourth-order valence-corrected chi connectivity index (χ4v) is 2.60. The van der Waals surface area contributed by atoms with Gasteiger partial charge in [-0.2, -0.15) is 0 Å². The molecule has 0 radical (unpaired) electrons. The molecule has 0 saturated carbocycles. The summed E-state index contributed by atoms with van der Waals surface area (Å²) in [5, 5.41) is 6.32. The second-order valence-corrected chi connectivity index (χ2v) is 5.82. The molecule has 0 amide bonds. The average Bonchev–Trinajstić information content (AvgIpc) is 2.65. The smallest absolute Gasteiger partial charge is 0.131 e. The van der Waals surface area contributed by atoms with Gasteiger partial charge in [0.05, 0.1) is 0 Å². The number of rotatable bonds is 8. The predicted molar refractivity (Wildman–Crippen MR) is 99.2 cm³/mol. The van der Waals surface area contributed by atoms with Crippen molar-refractivity contribution in [2.45, 2.75) is 12.8 Å². The molecule has 1 heterocycles. The van der Waals surface area contributed by atoms with E-state index in [1.807, 2.05) is 12.1 Å². The Labute approximate surface area is 151 Å². The number of anilines is 2. The Balaban J connectivity index is 1.48. The molecule has 0 spiro atoms. The molecule has 2 N–H and O–H groups in total. The van der Waals surface area contributed by atoms with E-state index in [4.69, 9.17) is 0 Å². The van der Waals surface area contributed by atoms with Gasteiger partial charge in [0.15, 0.2) is 0 Å². The van der Waals surface area contributed by atoms with Gasteiger partial charge >= 0.3 is 0 Å². The van der Waals surface area contributed by atoms with Gasteiger partial charge in [0.2, 0.25) is 0 Å². The van der Waals surface area contributed by atoms with Crippen molar-refractivity contribution in [2.75, 3.05) is 23.7 Å². The van der Waals surface area contributed by atoms with Crippen molar-refractivity contribution in [3.05, 3.63) is 83.7 Å². The molecule has 6 heteroatoms. The van der Waals surface area contributed by atoms with Crippen molar-refractivity contribution >= 4 is 11.6 Å².